The van der Waals surface area contributed by atoms with Gasteiger partial charge in [-0.1, -0.05) is 0 Å². The van der Waals surface area contributed by atoms with Crippen molar-refractivity contribution in [3.05, 3.63) is 26.6 Å². The van der Waals surface area contributed by atoms with Crippen molar-refractivity contribution in [1.29, 1.82) is 0 Å². The van der Waals surface area contributed by atoms with Gasteiger partial charge < -0.3 is 0 Å². The Labute approximate surface area is 88.9 Å². The maximum atomic E-state index is 13.0. The molecule has 0 aliphatic rings. The number of hydrogen-bond acceptors (Lipinski definition) is 2. The predicted octanol–water partition coefficient (Wildman–Crippen LogP) is 3.46. The number of isocyanates is 1. The second-order valence-corrected chi connectivity index (χ2v) is 3.67. The smallest absolute Gasteiger partial charge is 0.211 e. The molecule has 0 heterocycles. The lowest BCUT2D eigenvalue weighted by Crippen LogP contribution is -1.85. The largest absolute Gasteiger partial charge is 0.240 e. The third kappa shape index (κ3) is 2.02. The molecule has 0 bridgehead atoms. The summed E-state index contributed by atoms with van der Waals surface area (Å²) in [5, 5.41) is 0. The van der Waals surface area contributed by atoms with E-state index in [9.17, 15) is 13.6 Å². The van der Waals surface area contributed by atoms with Gasteiger partial charge in [0, 0.05) is 0 Å². The lowest BCUT2D eigenvalue weighted by atomic mass is 10.3. The number of nitrogens with zero attached hydrogens (tertiary/aromatic N) is 1. The van der Waals surface area contributed by atoms with Gasteiger partial charge in [-0.15, -0.1) is 0 Å². The van der Waals surface area contributed by atoms with Crippen LogP contribution in [-0.2, 0) is 4.79 Å². The molecule has 1 aromatic rings. The predicted molar refractivity (Wildman–Crippen MR) is 49.5 cm³/mol. The van der Waals surface area contributed by atoms with Gasteiger partial charge >= 0.3 is 0 Å². The van der Waals surface area contributed by atoms with Crippen LogP contribution in [0.25, 0.3) is 0 Å². The minimum absolute atomic E-state index is 0.0401. The average Bonchev–Trinajstić information content (AvgIpc) is 2.09. The van der Waals surface area contributed by atoms with Crippen molar-refractivity contribution in [2.45, 2.75) is 0 Å². The van der Waals surface area contributed by atoms with Crippen molar-refractivity contribution in [1.82, 2.24) is 0 Å². The first-order valence-corrected chi connectivity index (χ1v) is 4.57. The van der Waals surface area contributed by atoms with E-state index in [-0.39, 0.29) is 8.95 Å². The first-order valence-electron chi connectivity index (χ1n) is 2.98. The van der Waals surface area contributed by atoms with Gasteiger partial charge in [-0.2, -0.15) is 4.99 Å². The highest BCUT2D eigenvalue weighted by molar-refractivity contribution is 9.11. The van der Waals surface area contributed by atoms with Crippen molar-refractivity contribution in [3.63, 3.8) is 0 Å². The second kappa shape index (κ2) is 4.09. The molecule has 0 N–H and O–H groups in total. The molecule has 0 aliphatic carbocycles. The van der Waals surface area contributed by atoms with Crippen LogP contribution in [-0.4, -0.2) is 6.08 Å². The van der Waals surface area contributed by atoms with Crippen LogP contribution >= 0.6 is 31.9 Å². The fraction of sp³-hybridized carbons (Fsp3) is 0. The number of aliphatic imine (C=N–C) groups is 1. The summed E-state index contributed by atoms with van der Waals surface area (Å²) in [4.78, 5) is 12.9. The van der Waals surface area contributed by atoms with Gasteiger partial charge in [-0.05, 0) is 37.9 Å². The molecular formula is C7HBr2F2NO. The Bertz CT molecular complexity index is 402. The van der Waals surface area contributed by atoms with Crippen LogP contribution in [0.3, 0.4) is 0 Å². The van der Waals surface area contributed by atoms with E-state index < -0.39 is 17.3 Å². The van der Waals surface area contributed by atoms with E-state index in [0.29, 0.717) is 0 Å². The van der Waals surface area contributed by atoms with Crippen LogP contribution in [0.4, 0.5) is 14.5 Å². The summed E-state index contributed by atoms with van der Waals surface area (Å²) >= 11 is 5.56. The molecule has 0 aliphatic heterocycles. The highest BCUT2D eigenvalue weighted by Crippen LogP contribution is 2.34. The Balaban J connectivity index is 3.52. The fourth-order valence-electron chi connectivity index (χ4n) is 0.705. The molecule has 0 saturated heterocycles. The molecule has 6 heteroatoms. The number of halogens is 4. The first kappa shape index (κ1) is 10.5. The normalized spacial score (nSPS) is 9.54. The molecule has 68 valence electrons. The molecule has 2 nitrogen and oxygen atoms in total. The zero-order chi connectivity index (χ0) is 10.0. The zero-order valence-corrected chi connectivity index (χ0v) is 9.12. The van der Waals surface area contributed by atoms with Crippen LogP contribution in [0.5, 0.6) is 0 Å². The molecule has 0 fully saturated rings. The summed E-state index contributed by atoms with van der Waals surface area (Å²) in [6.07, 6.45) is 1.14. The topological polar surface area (TPSA) is 29.4 Å². The summed E-state index contributed by atoms with van der Waals surface area (Å²) in [5.74, 6) is -1.51. The number of hydrogen-bond donors (Lipinski definition) is 0. The quantitative estimate of drug-likeness (QED) is 0.338. The lowest BCUT2D eigenvalue weighted by Gasteiger charge is -2.01. The van der Waals surface area contributed by atoms with Gasteiger partial charge in [0.15, 0.2) is 11.6 Å². The summed E-state index contributed by atoms with van der Waals surface area (Å²) in [6.45, 7) is 0. The van der Waals surface area contributed by atoms with E-state index in [0.717, 1.165) is 12.1 Å². The minimum Gasteiger partial charge on any atom is -0.211 e. The highest BCUT2D eigenvalue weighted by atomic mass is 79.9. The van der Waals surface area contributed by atoms with Crippen LogP contribution in [0.2, 0.25) is 0 Å². The molecule has 13 heavy (non-hydrogen) atoms. The average molecular weight is 313 g/mol. The molecule has 1 aromatic carbocycles. The zero-order valence-electron chi connectivity index (χ0n) is 5.94. The van der Waals surface area contributed by atoms with Crippen molar-refractivity contribution in [3.8, 4) is 0 Å². The molecule has 0 amide bonds. The van der Waals surface area contributed by atoms with Gasteiger partial charge in [0.2, 0.25) is 6.08 Å². The summed E-state index contributed by atoms with van der Waals surface area (Å²) in [5.41, 5.74) is -0.393. The Morgan fingerprint density at radius 1 is 1.38 bits per heavy atom. The van der Waals surface area contributed by atoms with E-state index in [2.05, 4.69) is 36.9 Å². The summed E-state index contributed by atoms with van der Waals surface area (Å²) in [6, 6.07) is 0.885. The van der Waals surface area contributed by atoms with E-state index in [1.807, 2.05) is 0 Å². The number of carbonyl (C=O) groups excluding carboxylic acids is 1. The molecule has 0 spiro atoms. The van der Waals surface area contributed by atoms with Crippen LogP contribution in [0.15, 0.2) is 20.0 Å². The molecule has 0 unspecified atom stereocenters. The van der Waals surface area contributed by atoms with Crippen molar-refractivity contribution in [2.24, 2.45) is 4.99 Å². The standard InChI is InChI=1S/C7HBr2F2NO/c8-3-1-4(10)7(12-2-13)5(9)6(3)11/h1H. The van der Waals surface area contributed by atoms with Crippen LogP contribution in [0, 0.1) is 11.6 Å². The third-order valence-corrected chi connectivity index (χ3v) is 2.55. The van der Waals surface area contributed by atoms with Crippen molar-refractivity contribution < 1.29 is 13.6 Å². The Kier molecular flexibility index (Phi) is 3.30. The summed E-state index contributed by atoms with van der Waals surface area (Å²) < 4.78 is 25.8. The van der Waals surface area contributed by atoms with Crippen molar-refractivity contribution >= 4 is 43.6 Å². The van der Waals surface area contributed by atoms with E-state index in [1.165, 1.54) is 0 Å². The first-order chi connectivity index (χ1) is 6.07. The van der Waals surface area contributed by atoms with Crippen LogP contribution in [0.1, 0.15) is 0 Å². The lowest BCUT2D eigenvalue weighted by molar-refractivity contribution is 0.563. The van der Waals surface area contributed by atoms with Gasteiger partial charge in [0.1, 0.15) is 5.69 Å². The highest BCUT2D eigenvalue weighted by Gasteiger charge is 2.14. The van der Waals surface area contributed by atoms with Gasteiger partial charge in [0.05, 0.1) is 8.95 Å². The monoisotopic (exact) mass is 311 g/mol. The molecule has 0 atom stereocenters. The van der Waals surface area contributed by atoms with Crippen molar-refractivity contribution in [2.75, 3.05) is 0 Å². The maximum absolute atomic E-state index is 13.0. The van der Waals surface area contributed by atoms with Gasteiger partial charge in [-0.3, -0.25) is 0 Å². The summed E-state index contributed by atoms with van der Waals surface area (Å²) in [7, 11) is 0. The minimum atomic E-state index is -0.802. The molecule has 0 aromatic heterocycles. The number of rotatable bonds is 1. The Hall–Kier alpha value is -0.580. The molecule has 1 rings (SSSR count). The maximum Gasteiger partial charge on any atom is 0.240 e. The van der Waals surface area contributed by atoms with E-state index in [1.54, 1.807) is 0 Å². The molecule has 0 radical (unpaired) electrons. The Morgan fingerprint density at radius 3 is 2.54 bits per heavy atom. The van der Waals surface area contributed by atoms with Gasteiger partial charge in [-0.25, -0.2) is 13.6 Å². The molecular weight excluding hydrogens is 312 g/mol. The number of benzene rings is 1. The second-order valence-electron chi connectivity index (χ2n) is 2.02. The van der Waals surface area contributed by atoms with E-state index in [4.69, 9.17) is 0 Å². The Morgan fingerprint density at radius 2 is 2.00 bits per heavy atom. The fourth-order valence-corrected chi connectivity index (χ4v) is 1.86. The van der Waals surface area contributed by atoms with Gasteiger partial charge in [0.25, 0.3) is 0 Å². The SMILES string of the molecule is O=C=Nc1c(F)cc(Br)c(F)c1Br. The molecule has 0 saturated carbocycles. The third-order valence-electron chi connectivity index (χ3n) is 1.25. The van der Waals surface area contributed by atoms with Crippen LogP contribution < -0.4 is 0 Å². The van der Waals surface area contributed by atoms with E-state index >= 15 is 0 Å².